The highest BCUT2D eigenvalue weighted by atomic mass is 32.2. The Balaban J connectivity index is 2.20. The Hall–Kier alpha value is -0.500. The molecule has 0 aliphatic carbocycles. The van der Waals surface area contributed by atoms with Crippen molar-refractivity contribution in [3.8, 4) is 0 Å². The zero-order valence-electron chi connectivity index (χ0n) is 8.92. The first-order valence-electron chi connectivity index (χ1n) is 5.10. The minimum absolute atomic E-state index is 0.0363. The summed E-state index contributed by atoms with van der Waals surface area (Å²) in [6.07, 6.45) is 3.34. The number of aliphatic hydroxyl groups is 1. The molecule has 5 nitrogen and oxygen atoms in total. The minimum atomic E-state index is -3.19. The summed E-state index contributed by atoms with van der Waals surface area (Å²) in [5, 5.41) is 11.3. The lowest BCUT2D eigenvalue weighted by atomic mass is 10.4. The summed E-state index contributed by atoms with van der Waals surface area (Å²) in [4.78, 5) is 4.06. The summed E-state index contributed by atoms with van der Waals surface area (Å²) in [6, 6.07) is 0. The van der Waals surface area contributed by atoms with Gasteiger partial charge in [-0.25, -0.2) is 18.1 Å². The van der Waals surface area contributed by atoms with E-state index in [9.17, 15) is 8.42 Å². The molecule has 1 heterocycles. The van der Waals surface area contributed by atoms with E-state index in [-0.39, 0.29) is 12.4 Å². The topological polar surface area (TPSA) is 79.3 Å². The van der Waals surface area contributed by atoms with Gasteiger partial charge in [-0.15, -0.1) is 11.3 Å². The van der Waals surface area contributed by atoms with E-state index in [1.165, 1.54) is 11.3 Å². The van der Waals surface area contributed by atoms with E-state index >= 15 is 0 Å². The number of aliphatic hydroxyl groups excluding tert-OH is 1. The maximum atomic E-state index is 11.4. The summed E-state index contributed by atoms with van der Waals surface area (Å²) >= 11 is 1.52. The van der Waals surface area contributed by atoms with Gasteiger partial charge in [0, 0.05) is 31.1 Å². The normalized spacial score (nSPS) is 11.8. The smallest absolute Gasteiger partial charge is 0.211 e. The lowest BCUT2D eigenvalue weighted by molar-refractivity contribution is 0.287. The molecule has 0 bridgehead atoms. The van der Waals surface area contributed by atoms with Crippen LogP contribution < -0.4 is 4.72 Å². The fraction of sp³-hybridized carbons (Fsp3) is 0.667. The Morgan fingerprint density at radius 3 is 2.88 bits per heavy atom. The third-order valence-electron chi connectivity index (χ3n) is 1.97. The van der Waals surface area contributed by atoms with Crippen molar-refractivity contribution in [1.29, 1.82) is 0 Å². The van der Waals surface area contributed by atoms with Gasteiger partial charge in [-0.05, 0) is 12.8 Å². The van der Waals surface area contributed by atoms with Crippen LogP contribution >= 0.6 is 11.3 Å². The summed E-state index contributed by atoms with van der Waals surface area (Å²) < 4.78 is 25.4. The van der Waals surface area contributed by atoms with Gasteiger partial charge in [0.1, 0.15) is 0 Å². The van der Waals surface area contributed by atoms with Gasteiger partial charge in [0.15, 0.2) is 0 Å². The number of rotatable bonds is 8. The molecule has 0 aromatic carbocycles. The maximum Gasteiger partial charge on any atom is 0.211 e. The molecule has 0 radical (unpaired) electrons. The van der Waals surface area contributed by atoms with Crippen molar-refractivity contribution in [2.75, 3.05) is 18.9 Å². The molecule has 7 heteroatoms. The number of nitrogens with zero attached hydrogens (tertiary/aromatic N) is 1. The van der Waals surface area contributed by atoms with Gasteiger partial charge in [-0.1, -0.05) is 0 Å². The maximum absolute atomic E-state index is 11.4. The predicted octanol–water partition coefficient (Wildman–Crippen LogP) is 0.378. The van der Waals surface area contributed by atoms with Crippen LogP contribution in [0.5, 0.6) is 0 Å². The second-order valence-electron chi connectivity index (χ2n) is 3.32. The monoisotopic (exact) mass is 264 g/mol. The number of sulfonamides is 1. The molecule has 0 amide bonds. The quantitative estimate of drug-likeness (QED) is 0.665. The zero-order valence-corrected chi connectivity index (χ0v) is 10.6. The van der Waals surface area contributed by atoms with E-state index in [0.29, 0.717) is 25.8 Å². The van der Waals surface area contributed by atoms with Gasteiger partial charge in [0.2, 0.25) is 10.0 Å². The molecule has 0 fully saturated rings. The van der Waals surface area contributed by atoms with Crippen LogP contribution in [0.25, 0.3) is 0 Å². The van der Waals surface area contributed by atoms with E-state index in [4.69, 9.17) is 5.11 Å². The van der Waals surface area contributed by atoms with Gasteiger partial charge >= 0.3 is 0 Å². The minimum Gasteiger partial charge on any atom is -0.396 e. The Morgan fingerprint density at radius 2 is 2.25 bits per heavy atom. The van der Waals surface area contributed by atoms with Crippen molar-refractivity contribution < 1.29 is 13.5 Å². The molecule has 92 valence electrons. The van der Waals surface area contributed by atoms with Crippen LogP contribution in [0, 0.1) is 0 Å². The zero-order chi connectivity index (χ0) is 11.9. The van der Waals surface area contributed by atoms with E-state index in [0.717, 1.165) is 5.01 Å². The first-order chi connectivity index (χ1) is 7.64. The molecule has 0 saturated heterocycles. The Labute approximate surface area is 99.6 Å². The number of unbranched alkanes of at least 4 members (excludes halogenated alkanes) is 1. The molecule has 0 atom stereocenters. The van der Waals surface area contributed by atoms with Crippen molar-refractivity contribution in [2.45, 2.75) is 19.3 Å². The van der Waals surface area contributed by atoms with Crippen LogP contribution in [0.2, 0.25) is 0 Å². The Morgan fingerprint density at radius 1 is 1.44 bits per heavy atom. The fourth-order valence-electron chi connectivity index (χ4n) is 1.17. The number of hydrogen-bond acceptors (Lipinski definition) is 5. The first kappa shape index (κ1) is 13.6. The van der Waals surface area contributed by atoms with Gasteiger partial charge < -0.3 is 5.11 Å². The average Bonchev–Trinajstić information content (AvgIpc) is 2.70. The van der Waals surface area contributed by atoms with E-state index < -0.39 is 10.0 Å². The Kier molecular flexibility index (Phi) is 5.89. The second-order valence-corrected chi connectivity index (χ2v) is 6.23. The number of thiazole rings is 1. The van der Waals surface area contributed by atoms with Crippen molar-refractivity contribution in [2.24, 2.45) is 0 Å². The third-order valence-corrected chi connectivity index (χ3v) is 4.27. The van der Waals surface area contributed by atoms with E-state index in [1.54, 1.807) is 6.20 Å². The molecule has 0 saturated carbocycles. The highest BCUT2D eigenvalue weighted by Crippen LogP contribution is 2.04. The summed E-state index contributed by atoms with van der Waals surface area (Å²) in [5.74, 6) is 0.0748. The van der Waals surface area contributed by atoms with E-state index in [1.807, 2.05) is 5.38 Å². The lowest BCUT2D eigenvalue weighted by Gasteiger charge is -2.04. The average molecular weight is 264 g/mol. The van der Waals surface area contributed by atoms with Crippen LogP contribution in [-0.2, 0) is 16.4 Å². The lowest BCUT2D eigenvalue weighted by Crippen LogP contribution is -2.28. The SMILES string of the molecule is O=S(=O)(CCCCO)NCCc1nccs1. The third kappa shape index (κ3) is 5.55. The van der Waals surface area contributed by atoms with Gasteiger partial charge in [-0.2, -0.15) is 0 Å². The fourth-order valence-corrected chi connectivity index (χ4v) is 2.93. The van der Waals surface area contributed by atoms with Crippen LogP contribution in [0.15, 0.2) is 11.6 Å². The van der Waals surface area contributed by atoms with E-state index in [2.05, 4.69) is 9.71 Å². The molecule has 2 N–H and O–H groups in total. The molecule has 0 aliphatic heterocycles. The standard InChI is InChI=1S/C9H16N2O3S2/c12-6-1-2-8-16(13,14)11-4-3-9-10-5-7-15-9/h5,7,11-12H,1-4,6,8H2. The highest BCUT2D eigenvalue weighted by Gasteiger charge is 2.08. The number of nitrogens with one attached hydrogen (secondary N) is 1. The predicted molar refractivity (Wildman–Crippen MR) is 63.9 cm³/mol. The molecule has 0 spiro atoms. The molecule has 16 heavy (non-hydrogen) atoms. The number of hydrogen-bond donors (Lipinski definition) is 2. The summed E-state index contributed by atoms with van der Waals surface area (Å²) in [5.41, 5.74) is 0. The highest BCUT2D eigenvalue weighted by molar-refractivity contribution is 7.89. The molecular weight excluding hydrogens is 248 g/mol. The van der Waals surface area contributed by atoms with Gasteiger partial charge in [-0.3, -0.25) is 0 Å². The van der Waals surface area contributed by atoms with Crippen LogP contribution in [0.3, 0.4) is 0 Å². The van der Waals surface area contributed by atoms with Crippen molar-refractivity contribution in [3.63, 3.8) is 0 Å². The summed E-state index contributed by atoms with van der Waals surface area (Å²) in [6.45, 7) is 0.420. The second kappa shape index (κ2) is 6.95. The molecule has 1 rings (SSSR count). The van der Waals surface area contributed by atoms with Crippen molar-refractivity contribution >= 4 is 21.4 Å². The van der Waals surface area contributed by atoms with Crippen molar-refractivity contribution in [3.05, 3.63) is 16.6 Å². The molecule has 0 unspecified atom stereocenters. The molecule has 1 aromatic heterocycles. The van der Waals surface area contributed by atoms with Crippen molar-refractivity contribution in [1.82, 2.24) is 9.71 Å². The largest absolute Gasteiger partial charge is 0.396 e. The number of aromatic nitrogens is 1. The molecular formula is C9H16N2O3S2. The molecule has 1 aromatic rings. The Bertz CT molecular complexity index is 375. The van der Waals surface area contributed by atoms with Crippen LogP contribution in [0.1, 0.15) is 17.8 Å². The van der Waals surface area contributed by atoms with Gasteiger partial charge in [0.05, 0.1) is 10.8 Å². The molecule has 0 aliphatic rings. The van der Waals surface area contributed by atoms with Crippen LogP contribution in [0.4, 0.5) is 0 Å². The summed E-state index contributed by atoms with van der Waals surface area (Å²) in [7, 11) is -3.19. The van der Waals surface area contributed by atoms with Crippen LogP contribution in [-0.4, -0.2) is 37.4 Å². The first-order valence-corrected chi connectivity index (χ1v) is 7.64. The van der Waals surface area contributed by atoms with Gasteiger partial charge in [0.25, 0.3) is 0 Å².